The number of benzene rings is 2. The average Bonchev–Trinajstić information content (AvgIpc) is 2.95. The van der Waals surface area contributed by atoms with Crippen LogP contribution < -0.4 is 10.6 Å². The molecule has 0 fully saturated rings. The van der Waals surface area contributed by atoms with E-state index in [2.05, 4.69) is 27.6 Å². The SMILES string of the molecule is COCCOCCN1C(=O)C(c2ccc(Cl)cc2)N(Cc2ccc(Cl)nc2N)C(=O)c2cc(I)ccc21.Cl. The van der Waals surface area contributed by atoms with Gasteiger partial charge in [-0.25, -0.2) is 4.98 Å². The van der Waals surface area contributed by atoms with Gasteiger partial charge in [-0.2, -0.15) is 0 Å². The predicted octanol–water partition coefficient (Wildman–Crippen LogP) is 5.39. The number of aromatic nitrogens is 1. The van der Waals surface area contributed by atoms with Crippen LogP contribution in [0.15, 0.2) is 54.6 Å². The zero-order valence-corrected chi connectivity index (χ0v) is 24.9. The Hall–Kier alpha value is -2.15. The Bertz CT molecular complexity index is 1300. The van der Waals surface area contributed by atoms with Gasteiger partial charge in [-0.1, -0.05) is 41.4 Å². The van der Waals surface area contributed by atoms with E-state index in [1.165, 1.54) is 4.90 Å². The van der Waals surface area contributed by atoms with Crippen LogP contribution in [-0.4, -0.2) is 55.2 Å². The minimum absolute atomic E-state index is 0. The van der Waals surface area contributed by atoms with Gasteiger partial charge < -0.3 is 25.0 Å². The molecule has 2 heterocycles. The van der Waals surface area contributed by atoms with Crippen LogP contribution in [0.2, 0.25) is 10.2 Å². The normalized spacial score (nSPS) is 15.2. The molecule has 0 bridgehead atoms. The first kappa shape index (κ1) is 30.4. The third-order valence-electron chi connectivity index (χ3n) is 5.95. The number of hydrogen-bond donors (Lipinski definition) is 1. The first-order valence-corrected chi connectivity index (χ1v) is 13.3. The molecule has 3 aromatic rings. The molecule has 0 radical (unpaired) electrons. The van der Waals surface area contributed by atoms with E-state index < -0.39 is 6.04 Å². The molecule has 38 heavy (non-hydrogen) atoms. The number of halogens is 4. The van der Waals surface area contributed by atoms with Crippen LogP contribution in [0.25, 0.3) is 0 Å². The Morgan fingerprint density at radius 2 is 1.76 bits per heavy atom. The summed E-state index contributed by atoms with van der Waals surface area (Å²) in [6.07, 6.45) is 0. The number of anilines is 2. The molecule has 2 amide bonds. The van der Waals surface area contributed by atoms with Crippen LogP contribution in [0, 0.1) is 3.57 Å². The van der Waals surface area contributed by atoms with Crippen molar-refractivity contribution in [3.63, 3.8) is 0 Å². The Balaban J connectivity index is 0.00000400. The molecule has 2 N–H and O–H groups in total. The van der Waals surface area contributed by atoms with Crippen molar-refractivity contribution in [1.82, 2.24) is 9.88 Å². The summed E-state index contributed by atoms with van der Waals surface area (Å²) in [7, 11) is 1.60. The van der Waals surface area contributed by atoms with E-state index in [4.69, 9.17) is 38.4 Å². The Morgan fingerprint density at radius 3 is 2.45 bits per heavy atom. The third kappa shape index (κ3) is 6.88. The Labute approximate surface area is 250 Å². The van der Waals surface area contributed by atoms with Gasteiger partial charge in [0, 0.05) is 27.8 Å². The lowest BCUT2D eigenvalue weighted by molar-refractivity contribution is -0.123. The maximum absolute atomic E-state index is 14.2. The number of carbonyl (C=O) groups excluding carboxylic acids is 2. The van der Waals surface area contributed by atoms with Gasteiger partial charge in [0.2, 0.25) is 0 Å². The van der Waals surface area contributed by atoms with Crippen molar-refractivity contribution >= 4 is 81.5 Å². The van der Waals surface area contributed by atoms with Crippen molar-refractivity contribution in [3.05, 3.63) is 85.0 Å². The van der Waals surface area contributed by atoms with Crippen LogP contribution in [0.3, 0.4) is 0 Å². The van der Waals surface area contributed by atoms with Crippen LogP contribution in [0.5, 0.6) is 0 Å². The number of nitrogens with zero attached hydrogens (tertiary/aromatic N) is 3. The fourth-order valence-electron chi connectivity index (χ4n) is 4.14. The maximum Gasteiger partial charge on any atom is 0.257 e. The second-order valence-corrected chi connectivity index (χ2v) is 10.4. The average molecular weight is 692 g/mol. The zero-order valence-electron chi connectivity index (χ0n) is 20.4. The second kappa shape index (κ2) is 13.8. The third-order valence-corrected chi connectivity index (χ3v) is 7.08. The molecule has 1 unspecified atom stereocenters. The van der Waals surface area contributed by atoms with Crippen LogP contribution >= 0.6 is 58.2 Å². The summed E-state index contributed by atoms with van der Waals surface area (Å²) in [6, 6.07) is 14.7. The van der Waals surface area contributed by atoms with E-state index in [-0.39, 0.29) is 54.9 Å². The van der Waals surface area contributed by atoms with Gasteiger partial charge in [0.1, 0.15) is 17.0 Å². The number of pyridine rings is 1. The fourth-order valence-corrected chi connectivity index (χ4v) is 4.92. The van der Waals surface area contributed by atoms with Gasteiger partial charge in [-0.15, -0.1) is 12.4 Å². The number of nitrogens with two attached hydrogens (primary N) is 1. The van der Waals surface area contributed by atoms with Gasteiger partial charge in [0.15, 0.2) is 0 Å². The maximum atomic E-state index is 14.2. The summed E-state index contributed by atoms with van der Waals surface area (Å²) >= 11 is 14.3. The lowest BCUT2D eigenvalue weighted by Gasteiger charge is -2.31. The van der Waals surface area contributed by atoms with Crippen LogP contribution in [0.1, 0.15) is 27.5 Å². The van der Waals surface area contributed by atoms with Crippen molar-refractivity contribution in [2.75, 3.05) is 44.1 Å². The highest BCUT2D eigenvalue weighted by Crippen LogP contribution is 2.37. The van der Waals surface area contributed by atoms with Crippen molar-refractivity contribution in [2.24, 2.45) is 0 Å². The van der Waals surface area contributed by atoms with E-state index in [1.54, 1.807) is 60.5 Å². The lowest BCUT2D eigenvalue weighted by atomic mass is 10.0. The number of nitrogen functional groups attached to an aromatic ring is 1. The van der Waals surface area contributed by atoms with Crippen LogP contribution in [0.4, 0.5) is 11.5 Å². The molecule has 8 nitrogen and oxygen atoms in total. The largest absolute Gasteiger partial charge is 0.383 e. The van der Waals surface area contributed by atoms with Crippen molar-refractivity contribution in [1.29, 1.82) is 0 Å². The number of rotatable bonds is 9. The predicted molar refractivity (Wildman–Crippen MR) is 159 cm³/mol. The monoisotopic (exact) mass is 690 g/mol. The molecule has 1 aliphatic heterocycles. The number of carbonyl (C=O) groups is 2. The lowest BCUT2D eigenvalue weighted by Crippen LogP contribution is -2.43. The number of methoxy groups -OCH3 is 1. The molecular formula is C26H26Cl3IN4O4. The van der Waals surface area contributed by atoms with Gasteiger partial charge in [0.05, 0.1) is 37.6 Å². The van der Waals surface area contributed by atoms with E-state index >= 15 is 0 Å². The molecule has 0 spiro atoms. The summed E-state index contributed by atoms with van der Waals surface area (Å²) in [5, 5.41) is 0.767. The highest BCUT2D eigenvalue weighted by molar-refractivity contribution is 14.1. The van der Waals surface area contributed by atoms with Crippen molar-refractivity contribution in [3.8, 4) is 0 Å². The molecule has 0 saturated carbocycles. The highest BCUT2D eigenvalue weighted by Gasteiger charge is 2.40. The van der Waals surface area contributed by atoms with Crippen molar-refractivity contribution < 1.29 is 19.1 Å². The minimum Gasteiger partial charge on any atom is -0.383 e. The summed E-state index contributed by atoms with van der Waals surface area (Å²) in [6.45, 7) is 1.42. The summed E-state index contributed by atoms with van der Waals surface area (Å²) in [5.41, 5.74) is 8.27. The van der Waals surface area contributed by atoms with E-state index in [1.807, 2.05) is 6.07 Å². The van der Waals surface area contributed by atoms with E-state index in [9.17, 15) is 9.59 Å². The fraction of sp³-hybridized carbons (Fsp3) is 0.269. The van der Waals surface area contributed by atoms with Gasteiger partial charge >= 0.3 is 0 Å². The summed E-state index contributed by atoms with van der Waals surface area (Å²) < 4.78 is 11.6. The first-order valence-electron chi connectivity index (χ1n) is 11.4. The standard InChI is InChI=1S/C26H25Cl2IN4O4.ClH/c1-36-12-13-37-11-10-32-21-8-7-19(29)14-20(21)25(34)33(15-17-4-9-22(28)31-24(17)30)23(26(32)35)16-2-5-18(27)6-3-16;/h2-9,14,23H,10-13,15H2,1H3,(H2,30,31);1H. The Kier molecular flexibility index (Phi) is 11.0. The molecule has 0 saturated heterocycles. The summed E-state index contributed by atoms with van der Waals surface area (Å²) in [5.74, 6) is -0.386. The Morgan fingerprint density at radius 1 is 1.03 bits per heavy atom. The smallest absolute Gasteiger partial charge is 0.257 e. The minimum atomic E-state index is -0.941. The highest BCUT2D eigenvalue weighted by atomic mass is 127. The molecule has 1 aliphatic rings. The number of fused-ring (bicyclic) bond motifs is 1. The number of hydrogen-bond acceptors (Lipinski definition) is 6. The van der Waals surface area contributed by atoms with Crippen molar-refractivity contribution in [2.45, 2.75) is 12.6 Å². The van der Waals surface area contributed by atoms with E-state index in [0.717, 1.165) is 3.57 Å². The molecule has 0 aliphatic carbocycles. The molecular weight excluding hydrogens is 666 g/mol. The van der Waals surface area contributed by atoms with Crippen LogP contribution in [-0.2, 0) is 20.8 Å². The van der Waals surface area contributed by atoms with E-state index in [0.29, 0.717) is 40.6 Å². The molecule has 4 rings (SSSR count). The van der Waals surface area contributed by atoms with Gasteiger partial charge in [-0.3, -0.25) is 9.59 Å². The van der Waals surface area contributed by atoms with Gasteiger partial charge in [-0.05, 0) is 64.6 Å². The molecule has 12 heteroatoms. The van der Waals surface area contributed by atoms with Gasteiger partial charge in [0.25, 0.3) is 11.8 Å². The quantitative estimate of drug-likeness (QED) is 0.184. The molecule has 1 aromatic heterocycles. The molecule has 1 atom stereocenters. The number of ether oxygens (including phenoxy) is 2. The number of amides is 2. The molecule has 2 aromatic carbocycles. The summed E-state index contributed by atoms with van der Waals surface area (Å²) in [4.78, 5) is 35.6. The first-order chi connectivity index (χ1) is 17.8. The molecule has 202 valence electrons. The topological polar surface area (TPSA) is 98.0 Å². The zero-order chi connectivity index (χ0) is 26.5. The second-order valence-electron chi connectivity index (χ2n) is 8.32.